The van der Waals surface area contributed by atoms with Crippen LogP contribution in [0.3, 0.4) is 0 Å². The molecule has 4 aromatic carbocycles. The number of nitriles is 2. The van der Waals surface area contributed by atoms with Crippen LogP contribution in [0.15, 0.2) is 134 Å². The minimum atomic E-state index is -0.390. The lowest BCUT2D eigenvalue weighted by molar-refractivity contribution is 0.0962. The Bertz CT molecular complexity index is 2040. The molecule has 0 aliphatic rings. The lowest BCUT2D eigenvalue weighted by atomic mass is 9.78. The predicted molar refractivity (Wildman–Crippen MR) is 257 cm³/mol. The summed E-state index contributed by atoms with van der Waals surface area (Å²) in [6, 6.07) is 43.9. The molecule has 0 aliphatic carbocycles. The number of carbonyl (C=O) groups excluding carboxylic acids is 2. The molecule has 6 aromatic rings. The van der Waals surface area contributed by atoms with E-state index in [9.17, 15) is 20.1 Å². The molecular weight excluding hydrogens is 765 g/mol. The van der Waals surface area contributed by atoms with Crippen molar-refractivity contribution < 1.29 is 9.59 Å². The molecule has 0 aliphatic heterocycles. The summed E-state index contributed by atoms with van der Waals surface area (Å²) in [5.41, 5.74) is 6.91. The molecular formula is C54H70N6O2. The van der Waals surface area contributed by atoms with E-state index in [4.69, 9.17) is 0 Å². The average molecular weight is 835 g/mol. The number of hydrogen-bond acceptors (Lipinski definition) is 6. The van der Waals surface area contributed by atoms with Crippen LogP contribution in [0.4, 0.5) is 0 Å². The van der Waals surface area contributed by atoms with Crippen LogP contribution >= 0.6 is 0 Å². The third kappa shape index (κ3) is 15.0. The molecule has 8 nitrogen and oxygen atoms in total. The molecule has 2 heterocycles. The van der Waals surface area contributed by atoms with Crippen LogP contribution in [0, 0.1) is 36.5 Å². The SMILES string of the molecule is CC.CC.CC.CC.CCn1ncc(C(=O)C[C@@H](c2ccccc2)[C@@H](C#N)c2ccccc2)c1C.CCn1ncc(C(=O)C[C@H](c2ccccc2)[C@H](C#N)c2ccccc2)c1C. The lowest BCUT2D eigenvalue weighted by Crippen LogP contribution is -2.15. The van der Waals surface area contributed by atoms with Gasteiger partial charge in [-0.15, -0.1) is 0 Å². The molecule has 4 atom stereocenters. The fourth-order valence-corrected chi connectivity index (χ4v) is 7.07. The second-order valence-corrected chi connectivity index (χ2v) is 13.2. The number of hydrogen-bond donors (Lipinski definition) is 0. The predicted octanol–water partition coefficient (Wildman–Crippen LogP) is 13.9. The van der Waals surface area contributed by atoms with Crippen LogP contribution in [0.1, 0.15) is 160 Å². The van der Waals surface area contributed by atoms with E-state index in [0.717, 1.165) is 46.7 Å². The van der Waals surface area contributed by atoms with Crippen LogP contribution in [0.2, 0.25) is 0 Å². The fraction of sp³-hybridized carbons (Fsp3) is 0.370. The molecule has 0 saturated heterocycles. The molecule has 0 radical (unpaired) electrons. The fourth-order valence-electron chi connectivity index (χ4n) is 7.07. The highest BCUT2D eigenvalue weighted by atomic mass is 16.1. The third-order valence-electron chi connectivity index (χ3n) is 10.1. The van der Waals surface area contributed by atoms with Crippen LogP contribution < -0.4 is 0 Å². The maximum absolute atomic E-state index is 13.1. The molecule has 0 N–H and O–H groups in total. The molecule has 328 valence electrons. The van der Waals surface area contributed by atoms with Crippen molar-refractivity contribution in [2.75, 3.05) is 0 Å². The van der Waals surface area contributed by atoms with Gasteiger partial charge in [-0.2, -0.15) is 20.7 Å². The molecule has 0 saturated carbocycles. The average Bonchev–Trinajstić information content (AvgIpc) is 3.93. The van der Waals surface area contributed by atoms with Gasteiger partial charge in [-0.3, -0.25) is 19.0 Å². The van der Waals surface area contributed by atoms with Gasteiger partial charge in [0.2, 0.25) is 0 Å². The Kier molecular flexibility index (Phi) is 26.5. The van der Waals surface area contributed by atoms with Gasteiger partial charge in [0.1, 0.15) is 0 Å². The van der Waals surface area contributed by atoms with Crippen molar-refractivity contribution in [3.63, 3.8) is 0 Å². The summed E-state index contributed by atoms with van der Waals surface area (Å²) < 4.78 is 3.65. The normalized spacial score (nSPS) is 11.6. The number of nitrogens with zero attached hydrogens (tertiary/aromatic N) is 6. The molecule has 62 heavy (non-hydrogen) atoms. The summed E-state index contributed by atoms with van der Waals surface area (Å²) in [4.78, 5) is 26.1. The number of Topliss-reactive ketones (excluding diaryl/α,β-unsaturated/α-hetero) is 2. The summed E-state index contributed by atoms with van der Waals surface area (Å²) in [6.45, 7) is 25.3. The number of benzene rings is 4. The highest BCUT2D eigenvalue weighted by molar-refractivity contribution is 5.98. The van der Waals surface area contributed by atoms with Gasteiger partial charge < -0.3 is 0 Å². The molecule has 8 heteroatoms. The Morgan fingerprint density at radius 1 is 0.484 bits per heavy atom. The zero-order valence-electron chi connectivity index (χ0n) is 39.3. The topological polar surface area (TPSA) is 117 Å². The van der Waals surface area contributed by atoms with Crippen molar-refractivity contribution in [2.24, 2.45) is 0 Å². The third-order valence-corrected chi connectivity index (χ3v) is 10.1. The standard InChI is InChI=1S/2C23H23N3O.4C2H6/c2*1-3-26-17(2)22(16-25-26)23(27)14-20(18-10-6-4-7-11-18)21(15-24)19-12-8-5-9-13-19;4*1-2/h2*4-13,16,20-21H,3,14H2,1-2H3;4*1-2H3/t2*20-,21-;;;;/m10..../s1. The van der Waals surface area contributed by atoms with Gasteiger partial charge in [-0.1, -0.05) is 177 Å². The van der Waals surface area contributed by atoms with Crippen molar-refractivity contribution in [2.45, 2.75) is 133 Å². The van der Waals surface area contributed by atoms with E-state index >= 15 is 0 Å². The zero-order chi connectivity index (χ0) is 46.5. The summed E-state index contributed by atoms with van der Waals surface area (Å²) in [6.07, 6.45) is 3.83. The Balaban J connectivity index is 0.000000534. The zero-order valence-corrected chi connectivity index (χ0v) is 39.3. The molecule has 0 unspecified atom stereocenters. The first kappa shape index (κ1) is 53.6. The van der Waals surface area contributed by atoms with Gasteiger partial charge in [0.25, 0.3) is 0 Å². The highest BCUT2D eigenvalue weighted by Crippen LogP contribution is 2.38. The largest absolute Gasteiger partial charge is 0.294 e. The maximum atomic E-state index is 13.1. The van der Waals surface area contributed by atoms with Crippen molar-refractivity contribution in [3.05, 3.63) is 178 Å². The van der Waals surface area contributed by atoms with E-state index in [1.165, 1.54) is 0 Å². The number of aromatic nitrogens is 4. The van der Waals surface area contributed by atoms with Gasteiger partial charge in [-0.05, 0) is 49.9 Å². The summed E-state index contributed by atoms with van der Waals surface area (Å²) in [7, 11) is 0. The van der Waals surface area contributed by atoms with E-state index in [2.05, 4.69) is 22.3 Å². The second kappa shape index (κ2) is 30.6. The first-order chi connectivity index (χ1) is 30.3. The first-order valence-electron chi connectivity index (χ1n) is 22.4. The smallest absolute Gasteiger partial charge is 0.166 e. The van der Waals surface area contributed by atoms with Gasteiger partial charge in [-0.25, -0.2) is 0 Å². The molecule has 0 spiro atoms. The summed E-state index contributed by atoms with van der Waals surface area (Å²) >= 11 is 0. The molecule has 0 amide bonds. The number of rotatable bonds is 14. The monoisotopic (exact) mass is 835 g/mol. The van der Waals surface area contributed by atoms with Gasteiger partial charge in [0, 0.05) is 49.2 Å². The Morgan fingerprint density at radius 2 is 0.742 bits per heavy atom. The Labute approximate surface area is 373 Å². The van der Waals surface area contributed by atoms with E-state index in [1.807, 2.05) is 214 Å². The second-order valence-electron chi connectivity index (χ2n) is 13.2. The van der Waals surface area contributed by atoms with Crippen LogP contribution in [-0.4, -0.2) is 31.1 Å². The van der Waals surface area contributed by atoms with E-state index in [-0.39, 0.29) is 48.1 Å². The van der Waals surface area contributed by atoms with E-state index in [0.29, 0.717) is 11.1 Å². The van der Waals surface area contributed by atoms with Crippen LogP contribution in [-0.2, 0) is 13.1 Å². The molecule has 6 rings (SSSR count). The highest BCUT2D eigenvalue weighted by Gasteiger charge is 2.30. The minimum absolute atomic E-state index is 0.0252. The molecule has 0 fully saturated rings. The van der Waals surface area contributed by atoms with Crippen molar-refractivity contribution >= 4 is 11.6 Å². The number of aryl methyl sites for hydroxylation is 2. The lowest BCUT2D eigenvalue weighted by Gasteiger charge is -2.22. The minimum Gasteiger partial charge on any atom is -0.294 e. The first-order valence-corrected chi connectivity index (χ1v) is 22.4. The van der Waals surface area contributed by atoms with Crippen molar-refractivity contribution in [1.29, 1.82) is 10.5 Å². The van der Waals surface area contributed by atoms with Gasteiger partial charge in [0.15, 0.2) is 11.6 Å². The maximum Gasteiger partial charge on any atom is 0.166 e. The summed E-state index contributed by atoms with van der Waals surface area (Å²) in [5.74, 6) is -1.15. The van der Waals surface area contributed by atoms with Gasteiger partial charge in [0.05, 0.1) is 47.5 Å². The van der Waals surface area contributed by atoms with E-state index < -0.39 is 0 Å². The van der Waals surface area contributed by atoms with E-state index in [1.54, 1.807) is 12.4 Å². The Morgan fingerprint density at radius 3 is 0.968 bits per heavy atom. The quantitative estimate of drug-likeness (QED) is 0.101. The molecule has 0 bridgehead atoms. The molecule has 2 aromatic heterocycles. The summed E-state index contributed by atoms with van der Waals surface area (Å²) in [5, 5.41) is 28.4. The number of carbonyl (C=O) groups is 2. The van der Waals surface area contributed by atoms with Gasteiger partial charge >= 0.3 is 0 Å². The number of ketones is 2. The van der Waals surface area contributed by atoms with Crippen molar-refractivity contribution in [1.82, 2.24) is 19.6 Å². The van der Waals surface area contributed by atoms with Crippen LogP contribution in [0.25, 0.3) is 0 Å². The Hall–Kier alpha value is -6.38. The van der Waals surface area contributed by atoms with Crippen LogP contribution in [0.5, 0.6) is 0 Å². The van der Waals surface area contributed by atoms with Crippen molar-refractivity contribution in [3.8, 4) is 12.1 Å².